The van der Waals surface area contributed by atoms with E-state index >= 15 is 0 Å². The normalized spacial score (nSPS) is 16.3. The Morgan fingerprint density at radius 1 is 0.902 bits per heavy atom. The molecule has 0 bridgehead atoms. The van der Waals surface area contributed by atoms with Crippen LogP contribution in [0, 0.1) is 0 Å². The van der Waals surface area contributed by atoms with E-state index in [1.54, 1.807) is 0 Å². The Balaban J connectivity index is 1.14. The number of halogens is 2. The first-order chi connectivity index (χ1) is 19.7. The van der Waals surface area contributed by atoms with Gasteiger partial charge in [-0.2, -0.15) is 8.78 Å². The number of likely N-dealkylation sites (tertiary alicyclic amines) is 1. The third-order valence-corrected chi connectivity index (χ3v) is 7.85. The van der Waals surface area contributed by atoms with E-state index in [1.807, 2.05) is 89.1 Å². The van der Waals surface area contributed by atoms with E-state index in [0.717, 1.165) is 27.8 Å². The number of carbonyl (C=O) groups is 3. The van der Waals surface area contributed by atoms with Crippen molar-refractivity contribution in [1.82, 2.24) is 15.5 Å². The van der Waals surface area contributed by atoms with Crippen molar-refractivity contribution >= 4 is 18.0 Å². The number of aliphatic carboxylic acids is 1. The van der Waals surface area contributed by atoms with Crippen LogP contribution < -0.4 is 10.6 Å². The first kappa shape index (κ1) is 28.2. The molecule has 8 nitrogen and oxygen atoms in total. The zero-order chi connectivity index (χ0) is 29.0. The van der Waals surface area contributed by atoms with Gasteiger partial charge in [-0.3, -0.25) is 9.69 Å². The molecule has 10 heteroatoms. The number of carboxylic acids is 1. The van der Waals surface area contributed by atoms with Gasteiger partial charge >= 0.3 is 18.0 Å². The molecule has 1 saturated heterocycles. The Morgan fingerprint density at radius 2 is 1.46 bits per heavy atom. The summed E-state index contributed by atoms with van der Waals surface area (Å²) in [6.07, 6.45) is -1.16. The number of rotatable bonds is 9. The third kappa shape index (κ3) is 6.07. The van der Waals surface area contributed by atoms with Crippen LogP contribution in [0.5, 0.6) is 0 Å². The minimum absolute atomic E-state index is 0.0310. The highest BCUT2D eigenvalue weighted by atomic mass is 19.3. The minimum Gasteiger partial charge on any atom is -0.480 e. The fourth-order valence-electron chi connectivity index (χ4n) is 5.55. The van der Waals surface area contributed by atoms with Gasteiger partial charge in [0.15, 0.2) is 0 Å². The van der Waals surface area contributed by atoms with Gasteiger partial charge in [-0.1, -0.05) is 78.9 Å². The fourth-order valence-corrected chi connectivity index (χ4v) is 5.55. The summed E-state index contributed by atoms with van der Waals surface area (Å²) < 4.78 is 34.8. The Hall–Kier alpha value is -4.31. The van der Waals surface area contributed by atoms with Gasteiger partial charge in [0.2, 0.25) is 0 Å². The lowest BCUT2D eigenvalue weighted by Crippen LogP contribution is -2.63. The third-order valence-electron chi connectivity index (χ3n) is 7.85. The topological polar surface area (TPSA) is 108 Å². The summed E-state index contributed by atoms with van der Waals surface area (Å²) in [6, 6.07) is 25.0. The molecule has 1 aliphatic carbocycles. The van der Waals surface area contributed by atoms with Crippen molar-refractivity contribution in [2.45, 2.75) is 36.8 Å². The van der Waals surface area contributed by atoms with Crippen LogP contribution in [0.15, 0.2) is 78.9 Å². The zero-order valence-corrected chi connectivity index (χ0v) is 22.3. The minimum atomic E-state index is -4.05. The number of nitrogens with zero attached hydrogens (tertiary/aromatic N) is 1. The van der Waals surface area contributed by atoms with E-state index < -0.39 is 36.0 Å². The summed E-state index contributed by atoms with van der Waals surface area (Å²) in [5.41, 5.74) is 3.22. The van der Waals surface area contributed by atoms with E-state index in [0.29, 0.717) is 19.6 Å². The molecule has 3 aromatic carbocycles. The van der Waals surface area contributed by atoms with Crippen molar-refractivity contribution in [2.75, 3.05) is 26.2 Å². The predicted octanol–water partition coefficient (Wildman–Crippen LogP) is 4.40. The van der Waals surface area contributed by atoms with Gasteiger partial charge in [0.1, 0.15) is 12.1 Å². The maximum Gasteiger partial charge on any atom is 0.407 e. The summed E-state index contributed by atoms with van der Waals surface area (Å²) in [5, 5.41) is 13.9. The SMILES string of the molecule is O=C(NCC(F)(F)C(=O)NC1(C(=O)O)CCN(Cc2ccccc2)CC1)OCC1c2ccccc2-c2ccccc21. The lowest BCUT2D eigenvalue weighted by molar-refractivity contribution is -0.157. The average molecular weight is 564 g/mol. The number of carbonyl (C=O) groups excluding carboxylic acids is 2. The maximum atomic E-state index is 14.8. The Labute approximate surface area is 236 Å². The Bertz CT molecular complexity index is 1380. The molecule has 5 rings (SSSR count). The number of alkyl halides is 2. The number of alkyl carbamates (subject to hydrolysis) is 1. The highest BCUT2D eigenvalue weighted by Crippen LogP contribution is 2.44. The molecule has 3 aromatic rings. The molecule has 1 heterocycles. The Morgan fingerprint density at radius 3 is 2.05 bits per heavy atom. The average Bonchev–Trinajstić information content (AvgIpc) is 3.30. The molecule has 1 aliphatic heterocycles. The van der Waals surface area contributed by atoms with Crippen LogP contribution in [0.2, 0.25) is 0 Å². The van der Waals surface area contributed by atoms with Gasteiger partial charge in [-0.15, -0.1) is 0 Å². The number of ether oxygens (including phenoxy) is 1. The molecular weight excluding hydrogens is 532 g/mol. The number of benzene rings is 3. The smallest absolute Gasteiger partial charge is 0.407 e. The molecular formula is C31H31F2N3O5. The summed E-state index contributed by atoms with van der Waals surface area (Å²) in [5.74, 6) is -7.42. The number of hydrogen-bond acceptors (Lipinski definition) is 5. The van der Waals surface area contributed by atoms with E-state index in [9.17, 15) is 28.3 Å². The molecule has 0 radical (unpaired) electrons. The van der Waals surface area contributed by atoms with Gasteiger partial charge in [0.05, 0.1) is 6.54 Å². The van der Waals surface area contributed by atoms with Crippen LogP contribution in [0.3, 0.4) is 0 Å². The van der Waals surface area contributed by atoms with Gasteiger partial charge < -0.3 is 20.5 Å². The predicted molar refractivity (Wildman–Crippen MR) is 147 cm³/mol. The summed E-state index contributed by atoms with van der Waals surface area (Å²) >= 11 is 0. The highest BCUT2D eigenvalue weighted by Gasteiger charge is 2.48. The number of piperidine rings is 1. The van der Waals surface area contributed by atoms with Crippen LogP contribution >= 0.6 is 0 Å². The lowest BCUT2D eigenvalue weighted by Gasteiger charge is -2.39. The standard InChI is InChI=1S/C31H31F2N3O5/c32-31(33,27(37)35-30(28(38)39)14-16-36(17-15-30)18-21-8-2-1-3-9-21)20-34-29(40)41-19-26-24-12-6-4-10-22(24)23-11-5-7-13-25(23)26/h1-13,26H,14-20H2,(H,34,40)(H,35,37)(H,38,39). The Kier molecular flexibility index (Phi) is 8.03. The number of nitrogens with one attached hydrogen (secondary N) is 2. The van der Waals surface area contributed by atoms with Crippen LogP contribution in [0.1, 0.15) is 35.4 Å². The number of carboxylic acid groups (broad SMARTS) is 1. The van der Waals surface area contributed by atoms with Gasteiger partial charge in [0, 0.05) is 25.6 Å². The molecule has 41 heavy (non-hydrogen) atoms. The molecule has 214 valence electrons. The first-order valence-corrected chi connectivity index (χ1v) is 13.5. The van der Waals surface area contributed by atoms with Gasteiger partial charge in [-0.25, -0.2) is 9.59 Å². The van der Waals surface area contributed by atoms with Crippen molar-refractivity contribution in [3.63, 3.8) is 0 Å². The van der Waals surface area contributed by atoms with Gasteiger partial charge in [0.25, 0.3) is 5.91 Å². The first-order valence-electron chi connectivity index (χ1n) is 13.5. The van der Waals surface area contributed by atoms with Gasteiger partial charge in [-0.05, 0) is 40.7 Å². The maximum absolute atomic E-state index is 14.8. The second-order valence-corrected chi connectivity index (χ2v) is 10.5. The summed E-state index contributed by atoms with van der Waals surface area (Å²) in [6.45, 7) is -0.189. The fraction of sp³-hybridized carbons (Fsp3) is 0.323. The van der Waals surface area contributed by atoms with Crippen molar-refractivity contribution < 1.29 is 33.0 Å². The van der Waals surface area contributed by atoms with Crippen molar-refractivity contribution in [1.29, 1.82) is 0 Å². The molecule has 1 fully saturated rings. The van der Waals surface area contributed by atoms with Crippen LogP contribution in [0.25, 0.3) is 11.1 Å². The van der Waals surface area contributed by atoms with Crippen LogP contribution in [-0.2, 0) is 20.9 Å². The molecule has 2 aliphatic rings. The molecule has 3 N–H and O–H groups in total. The molecule has 2 amide bonds. The molecule has 0 unspecified atom stereocenters. The number of hydrogen-bond donors (Lipinski definition) is 3. The number of amides is 2. The summed E-state index contributed by atoms with van der Waals surface area (Å²) in [7, 11) is 0. The zero-order valence-electron chi connectivity index (χ0n) is 22.3. The van der Waals surface area contributed by atoms with Crippen LogP contribution in [0.4, 0.5) is 13.6 Å². The van der Waals surface area contributed by atoms with Crippen molar-refractivity contribution in [2.24, 2.45) is 0 Å². The van der Waals surface area contributed by atoms with E-state index in [2.05, 4.69) is 5.32 Å². The number of fused-ring (bicyclic) bond motifs is 3. The largest absolute Gasteiger partial charge is 0.480 e. The van der Waals surface area contributed by atoms with E-state index in [4.69, 9.17) is 4.74 Å². The van der Waals surface area contributed by atoms with Crippen LogP contribution in [-0.4, -0.2) is 65.7 Å². The van der Waals surface area contributed by atoms with Crippen molar-refractivity contribution in [3.05, 3.63) is 95.6 Å². The molecule has 0 atom stereocenters. The van der Waals surface area contributed by atoms with Crippen molar-refractivity contribution in [3.8, 4) is 11.1 Å². The quantitative estimate of drug-likeness (QED) is 0.356. The second-order valence-electron chi connectivity index (χ2n) is 10.5. The highest BCUT2D eigenvalue weighted by molar-refractivity contribution is 5.91. The molecule has 0 aromatic heterocycles. The molecule has 0 saturated carbocycles. The summed E-state index contributed by atoms with van der Waals surface area (Å²) in [4.78, 5) is 39.0. The van der Waals surface area contributed by atoms with E-state index in [-0.39, 0.29) is 25.4 Å². The van der Waals surface area contributed by atoms with E-state index in [1.165, 1.54) is 0 Å². The monoisotopic (exact) mass is 563 g/mol. The molecule has 0 spiro atoms. The second kappa shape index (κ2) is 11.7. The lowest BCUT2D eigenvalue weighted by atomic mass is 9.87.